The number of hydrogen-bond donors (Lipinski definition) is 2. The highest BCUT2D eigenvalue weighted by atomic mass is 19.4. The number of rotatable bonds is 8. The molecule has 1 aromatic carbocycles. The highest BCUT2D eigenvalue weighted by Crippen LogP contribution is 2.15. The van der Waals surface area contributed by atoms with Crippen LogP contribution >= 0.6 is 0 Å². The Bertz CT molecular complexity index is 725. The molecule has 0 unspecified atom stereocenters. The molecule has 0 aliphatic carbocycles. The predicted molar refractivity (Wildman–Crippen MR) is 97.3 cm³/mol. The van der Waals surface area contributed by atoms with Crippen molar-refractivity contribution in [3.05, 3.63) is 53.3 Å². The molecule has 148 valence electrons. The molecule has 0 aliphatic rings. The minimum atomic E-state index is -4.30. The number of nitrogens with one attached hydrogen (secondary N) is 2. The lowest BCUT2D eigenvalue weighted by Crippen LogP contribution is -2.37. The van der Waals surface area contributed by atoms with Gasteiger partial charge in [-0.15, -0.1) is 0 Å². The van der Waals surface area contributed by atoms with Crippen molar-refractivity contribution in [3.63, 3.8) is 0 Å². The van der Waals surface area contributed by atoms with Gasteiger partial charge in [0.15, 0.2) is 5.96 Å². The second-order valence-electron chi connectivity index (χ2n) is 6.05. The molecule has 0 radical (unpaired) electrons. The number of aryl methyl sites for hydroxylation is 1. The summed E-state index contributed by atoms with van der Waals surface area (Å²) in [7, 11) is 3.58. The number of ether oxygens (including phenoxy) is 1. The summed E-state index contributed by atoms with van der Waals surface area (Å²) in [6.07, 6.45) is 0.334. The van der Waals surface area contributed by atoms with Crippen molar-refractivity contribution >= 4 is 5.96 Å². The maximum Gasteiger partial charge on any atom is 0.411 e. The molecule has 27 heavy (non-hydrogen) atoms. The van der Waals surface area contributed by atoms with E-state index in [0.29, 0.717) is 18.1 Å². The highest BCUT2D eigenvalue weighted by molar-refractivity contribution is 5.79. The van der Waals surface area contributed by atoms with Crippen molar-refractivity contribution in [1.82, 2.24) is 20.4 Å². The molecular formula is C18H24F3N5O. The number of halogens is 3. The van der Waals surface area contributed by atoms with E-state index in [2.05, 4.69) is 25.5 Å². The molecule has 0 saturated carbocycles. The van der Waals surface area contributed by atoms with Gasteiger partial charge >= 0.3 is 6.18 Å². The van der Waals surface area contributed by atoms with Crippen LogP contribution in [0.1, 0.15) is 16.7 Å². The molecule has 9 heteroatoms. The lowest BCUT2D eigenvalue weighted by atomic mass is 10.1. The molecule has 6 nitrogen and oxygen atoms in total. The minimum absolute atomic E-state index is 0.0647. The monoisotopic (exact) mass is 383 g/mol. The smallest absolute Gasteiger partial charge is 0.367 e. The third-order valence-electron chi connectivity index (χ3n) is 3.71. The van der Waals surface area contributed by atoms with Crippen LogP contribution in [0.2, 0.25) is 0 Å². The molecule has 0 bridgehead atoms. The maximum absolute atomic E-state index is 12.1. The summed E-state index contributed by atoms with van der Waals surface area (Å²) in [4.78, 5) is 4.17. The van der Waals surface area contributed by atoms with Crippen molar-refractivity contribution in [2.45, 2.75) is 25.7 Å². The number of hydrogen-bond acceptors (Lipinski definition) is 3. The van der Waals surface area contributed by atoms with Gasteiger partial charge in [-0.05, 0) is 23.1 Å². The summed E-state index contributed by atoms with van der Waals surface area (Å²) in [6, 6.07) is 7.21. The first kappa shape index (κ1) is 20.8. The number of aromatic nitrogens is 2. The normalized spacial score (nSPS) is 12.3. The van der Waals surface area contributed by atoms with E-state index in [1.54, 1.807) is 23.9 Å². The first-order chi connectivity index (χ1) is 12.9. The second-order valence-corrected chi connectivity index (χ2v) is 6.05. The van der Waals surface area contributed by atoms with Gasteiger partial charge in [-0.2, -0.15) is 18.3 Å². The maximum atomic E-state index is 12.1. The van der Waals surface area contributed by atoms with Gasteiger partial charge in [-0.3, -0.25) is 9.67 Å². The Morgan fingerprint density at radius 3 is 2.44 bits per heavy atom. The molecular weight excluding hydrogens is 359 g/mol. The van der Waals surface area contributed by atoms with Crippen LogP contribution in [0.25, 0.3) is 0 Å². The van der Waals surface area contributed by atoms with Crippen LogP contribution in [0.15, 0.2) is 41.7 Å². The largest absolute Gasteiger partial charge is 0.411 e. The summed E-state index contributed by atoms with van der Waals surface area (Å²) < 4.78 is 42.6. The van der Waals surface area contributed by atoms with Crippen LogP contribution < -0.4 is 10.6 Å². The summed E-state index contributed by atoms with van der Waals surface area (Å²) in [5.74, 6) is 0.677. The van der Waals surface area contributed by atoms with E-state index in [4.69, 9.17) is 0 Å². The SMILES string of the molecule is CN=C(NCCc1cnn(C)c1)NCc1ccc(COCC(F)(F)F)cc1. The number of alkyl halides is 3. The number of nitrogens with zero attached hydrogens (tertiary/aromatic N) is 3. The highest BCUT2D eigenvalue weighted by Gasteiger charge is 2.27. The standard InChI is InChI=1S/C18H24F3N5O/c1-22-17(23-8-7-16-10-25-26(2)11-16)24-9-14-3-5-15(6-4-14)12-27-13-18(19,20)21/h3-6,10-11H,7-9,12-13H2,1-2H3,(H2,22,23,24). The quantitative estimate of drug-likeness (QED) is 0.543. The predicted octanol–water partition coefficient (Wildman–Crippen LogP) is 2.41. The number of aliphatic imine (C=N–C) groups is 1. The fourth-order valence-electron chi connectivity index (χ4n) is 2.37. The third-order valence-corrected chi connectivity index (χ3v) is 3.71. The van der Waals surface area contributed by atoms with E-state index >= 15 is 0 Å². The van der Waals surface area contributed by atoms with E-state index in [0.717, 1.165) is 24.1 Å². The zero-order chi connectivity index (χ0) is 19.7. The van der Waals surface area contributed by atoms with E-state index < -0.39 is 12.8 Å². The summed E-state index contributed by atoms with van der Waals surface area (Å²) in [6.45, 7) is -0.0285. The summed E-state index contributed by atoms with van der Waals surface area (Å²) in [5, 5.41) is 10.6. The average Bonchev–Trinajstić information content (AvgIpc) is 3.03. The lowest BCUT2D eigenvalue weighted by molar-refractivity contribution is -0.176. The Labute approximate surface area is 156 Å². The van der Waals surface area contributed by atoms with Crippen LogP contribution in [-0.2, 0) is 31.4 Å². The Balaban J connectivity index is 1.70. The Kier molecular flexibility index (Phi) is 7.66. The fraction of sp³-hybridized carbons (Fsp3) is 0.444. The molecule has 0 saturated heterocycles. The molecule has 2 N–H and O–H groups in total. The van der Waals surface area contributed by atoms with E-state index in [1.807, 2.05) is 31.6 Å². The van der Waals surface area contributed by atoms with Crippen LogP contribution in [0.5, 0.6) is 0 Å². The van der Waals surface area contributed by atoms with Gasteiger partial charge in [-0.1, -0.05) is 24.3 Å². The first-order valence-corrected chi connectivity index (χ1v) is 8.50. The van der Waals surface area contributed by atoms with E-state index in [9.17, 15) is 13.2 Å². The van der Waals surface area contributed by atoms with E-state index in [-0.39, 0.29) is 6.61 Å². The molecule has 0 aliphatic heterocycles. The molecule has 1 heterocycles. The molecule has 0 fully saturated rings. The van der Waals surface area contributed by atoms with Gasteiger partial charge in [0.1, 0.15) is 6.61 Å². The Morgan fingerprint density at radius 2 is 1.85 bits per heavy atom. The number of guanidine groups is 1. The molecule has 0 amide bonds. The second kappa shape index (κ2) is 9.96. The fourth-order valence-corrected chi connectivity index (χ4v) is 2.37. The van der Waals surface area contributed by atoms with Gasteiger partial charge in [0, 0.05) is 33.4 Å². The van der Waals surface area contributed by atoms with Crippen molar-refractivity contribution in [1.29, 1.82) is 0 Å². The average molecular weight is 383 g/mol. The minimum Gasteiger partial charge on any atom is -0.367 e. The van der Waals surface area contributed by atoms with Crippen LogP contribution in [0.3, 0.4) is 0 Å². The summed E-state index contributed by atoms with van der Waals surface area (Å²) >= 11 is 0. The molecule has 0 atom stereocenters. The molecule has 2 aromatic rings. The third kappa shape index (κ3) is 8.12. The zero-order valence-corrected chi connectivity index (χ0v) is 15.4. The van der Waals surface area contributed by atoms with Gasteiger partial charge in [-0.25, -0.2) is 0 Å². The lowest BCUT2D eigenvalue weighted by Gasteiger charge is -2.12. The van der Waals surface area contributed by atoms with Crippen LogP contribution in [0, 0.1) is 0 Å². The zero-order valence-electron chi connectivity index (χ0n) is 15.4. The van der Waals surface area contributed by atoms with Gasteiger partial charge in [0.2, 0.25) is 0 Å². The molecule has 1 aromatic heterocycles. The Morgan fingerprint density at radius 1 is 1.15 bits per heavy atom. The topological polar surface area (TPSA) is 63.5 Å². The summed E-state index contributed by atoms with van der Waals surface area (Å²) in [5.41, 5.74) is 2.83. The first-order valence-electron chi connectivity index (χ1n) is 8.50. The van der Waals surface area contributed by atoms with E-state index in [1.165, 1.54) is 0 Å². The Hall–Kier alpha value is -2.55. The molecule has 0 spiro atoms. The van der Waals surface area contributed by atoms with Crippen LogP contribution in [-0.4, -0.2) is 42.1 Å². The molecule has 2 rings (SSSR count). The van der Waals surface area contributed by atoms with Gasteiger partial charge in [0.05, 0.1) is 12.8 Å². The van der Waals surface area contributed by atoms with Crippen LogP contribution in [0.4, 0.5) is 13.2 Å². The van der Waals surface area contributed by atoms with Gasteiger partial charge in [0.25, 0.3) is 0 Å². The van der Waals surface area contributed by atoms with Crippen molar-refractivity contribution in [2.24, 2.45) is 12.0 Å². The van der Waals surface area contributed by atoms with Gasteiger partial charge < -0.3 is 15.4 Å². The number of benzene rings is 1. The van der Waals surface area contributed by atoms with Crippen molar-refractivity contribution < 1.29 is 17.9 Å². The van der Waals surface area contributed by atoms with Crippen molar-refractivity contribution in [2.75, 3.05) is 20.2 Å². The van der Waals surface area contributed by atoms with Crippen molar-refractivity contribution in [3.8, 4) is 0 Å².